The first-order valence-corrected chi connectivity index (χ1v) is 10.2. The Balaban J connectivity index is 1.78. The maximum absolute atomic E-state index is 13.3. The second kappa shape index (κ2) is 7.98. The number of halogens is 2. The number of amides is 1. The average Bonchev–Trinajstić information content (AvgIpc) is 3.14. The number of likely N-dealkylation sites (tertiary alicyclic amines) is 1. The second-order valence-electron chi connectivity index (χ2n) is 7.26. The Morgan fingerprint density at radius 1 is 1.04 bits per heavy atom. The highest BCUT2D eigenvalue weighted by Crippen LogP contribution is 2.29. The van der Waals surface area contributed by atoms with Crippen LogP contribution in [0.2, 0.25) is 10.0 Å². The van der Waals surface area contributed by atoms with Gasteiger partial charge < -0.3 is 4.90 Å². The molecule has 0 bridgehead atoms. The lowest BCUT2D eigenvalue weighted by Crippen LogP contribution is -2.38. The summed E-state index contributed by atoms with van der Waals surface area (Å²) in [5, 5.41) is 5.96. The van der Waals surface area contributed by atoms with Gasteiger partial charge in [-0.25, -0.2) is 4.68 Å². The number of benzene rings is 2. The van der Waals surface area contributed by atoms with Gasteiger partial charge in [-0.1, -0.05) is 48.3 Å². The number of aromatic nitrogens is 2. The van der Waals surface area contributed by atoms with Gasteiger partial charge in [-0.2, -0.15) is 5.10 Å². The van der Waals surface area contributed by atoms with Gasteiger partial charge in [-0.3, -0.25) is 4.79 Å². The molecule has 2 aromatic carbocycles. The molecule has 4 rings (SSSR count). The molecule has 3 aromatic rings. The quantitative estimate of drug-likeness (QED) is 0.550. The first-order valence-electron chi connectivity index (χ1n) is 9.43. The number of nitrogens with zero attached hydrogens (tertiary/aromatic N) is 3. The lowest BCUT2D eigenvalue weighted by Gasteiger charge is -2.30. The normalized spacial score (nSPS) is 15.0. The van der Waals surface area contributed by atoms with E-state index >= 15 is 0 Å². The van der Waals surface area contributed by atoms with E-state index in [-0.39, 0.29) is 5.91 Å². The average molecular weight is 414 g/mol. The van der Waals surface area contributed by atoms with E-state index in [2.05, 4.69) is 6.92 Å². The van der Waals surface area contributed by atoms with Gasteiger partial charge in [0.15, 0.2) is 0 Å². The molecular weight excluding hydrogens is 393 g/mol. The molecule has 0 N–H and O–H groups in total. The van der Waals surface area contributed by atoms with Crippen molar-refractivity contribution >= 4 is 29.1 Å². The summed E-state index contributed by atoms with van der Waals surface area (Å²) in [5.41, 5.74) is 2.80. The molecule has 1 aliphatic rings. The van der Waals surface area contributed by atoms with Gasteiger partial charge in [0, 0.05) is 23.7 Å². The number of hydrogen-bond donors (Lipinski definition) is 0. The number of piperidine rings is 1. The molecule has 0 saturated carbocycles. The van der Waals surface area contributed by atoms with Crippen molar-refractivity contribution in [2.75, 3.05) is 13.1 Å². The maximum Gasteiger partial charge on any atom is 0.272 e. The molecule has 1 fully saturated rings. The molecule has 2 heterocycles. The van der Waals surface area contributed by atoms with Crippen LogP contribution in [0.25, 0.3) is 16.9 Å². The molecule has 1 aromatic heterocycles. The fourth-order valence-corrected chi connectivity index (χ4v) is 3.85. The Hall–Kier alpha value is -2.30. The minimum Gasteiger partial charge on any atom is -0.337 e. The molecule has 1 amide bonds. The highest BCUT2D eigenvalue weighted by Gasteiger charge is 2.26. The molecule has 0 atom stereocenters. The molecule has 144 valence electrons. The van der Waals surface area contributed by atoms with Crippen LogP contribution in [0.5, 0.6) is 0 Å². The lowest BCUT2D eigenvalue weighted by molar-refractivity contribution is 0.0688. The number of rotatable bonds is 3. The minimum absolute atomic E-state index is 0.00680. The van der Waals surface area contributed by atoms with E-state index in [1.165, 1.54) is 0 Å². The van der Waals surface area contributed by atoms with Crippen LogP contribution in [0, 0.1) is 5.92 Å². The van der Waals surface area contributed by atoms with Crippen molar-refractivity contribution in [3.05, 3.63) is 70.3 Å². The third-order valence-electron chi connectivity index (χ3n) is 5.22. The van der Waals surface area contributed by atoms with Crippen LogP contribution in [0.3, 0.4) is 0 Å². The number of hydrogen-bond acceptors (Lipinski definition) is 2. The summed E-state index contributed by atoms with van der Waals surface area (Å²) in [6, 6.07) is 16.7. The van der Waals surface area contributed by atoms with Crippen molar-refractivity contribution < 1.29 is 4.79 Å². The Bertz CT molecular complexity index is 989. The number of carbonyl (C=O) groups excluding carboxylic acids is 1. The second-order valence-corrected chi connectivity index (χ2v) is 8.10. The Kier molecular flexibility index (Phi) is 5.42. The van der Waals surface area contributed by atoms with E-state index in [9.17, 15) is 4.79 Å². The zero-order chi connectivity index (χ0) is 19.7. The maximum atomic E-state index is 13.3. The molecule has 0 radical (unpaired) electrons. The predicted octanol–water partition coefficient (Wildman–Crippen LogP) is 5.72. The van der Waals surface area contributed by atoms with Gasteiger partial charge in [0.2, 0.25) is 0 Å². The smallest absolute Gasteiger partial charge is 0.272 e. The van der Waals surface area contributed by atoms with Gasteiger partial charge in [0.25, 0.3) is 5.91 Å². The zero-order valence-corrected chi connectivity index (χ0v) is 17.1. The van der Waals surface area contributed by atoms with E-state index in [4.69, 9.17) is 28.3 Å². The van der Waals surface area contributed by atoms with Crippen molar-refractivity contribution in [3.63, 3.8) is 0 Å². The largest absolute Gasteiger partial charge is 0.337 e. The van der Waals surface area contributed by atoms with Crippen molar-refractivity contribution in [2.24, 2.45) is 5.92 Å². The Morgan fingerprint density at radius 2 is 1.71 bits per heavy atom. The SMILES string of the molecule is CC1CCN(C(=O)c2cc(-c3ccccc3Cl)nn2-c2ccc(Cl)cc2)CC1. The van der Waals surface area contributed by atoms with Gasteiger partial charge in [-0.05, 0) is 55.2 Å². The van der Waals surface area contributed by atoms with Crippen LogP contribution in [0.1, 0.15) is 30.3 Å². The van der Waals surface area contributed by atoms with Crippen LogP contribution >= 0.6 is 23.2 Å². The van der Waals surface area contributed by atoms with Crippen molar-refractivity contribution in [1.82, 2.24) is 14.7 Å². The molecule has 1 saturated heterocycles. The Morgan fingerprint density at radius 3 is 2.39 bits per heavy atom. The van der Waals surface area contributed by atoms with Gasteiger partial charge in [-0.15, -0.1) is 0 Å². The van der Waals surface area contributed by atoms with E-state index in [1.807, 2.05) is 47.4 Å². The monoisotopic (exact) mass is 413 g/mol. The summed E-state index contributed by atoms with van der Waals surface area (Å²) in [5.74, 6) is 0.650. The number of carbonyl (C=O) groups is 1. The summed E-state index contributed by atoms with van der Waals surface area (Å²) in [7, 11) is 0. The molecule has 4 nitrogen and oxygen atoms in total. The molecule has 1 aliphatic heterocycles. The first-order chi connectivity index (χ1) is 13.5. The summed E-state index contributed by atoms with van der Waals surface area (Å²) in [6.07, 6.45) is 2.05. The van der Waals surface area contributed by atoms with Crippen LogP contribution in [0.4, 0.5) is 0 Å². The molecular formula is C22H21Cl2N3O. The summed E-state index contributed by atoms with van der Waals surface area (Å²) < 4.78 is 1.69. The van der Waals surface area contributed by atoms with Gasteiger partial charge >= 0.3 is 0 Å². The molecule has 28 heavy (non-hydrogen) atoms. The predicted molar refractivity (Wildman–Crippen MR) is 113 cm³/mol. The van der Waals surface area contributed by atoms with Gasteiger partial charge in [0.1, 0.15) is 5.69 Å². The van der Waals surface area contributed by atoms with Crippen molar-refractivity contribution in [3.8, 4) is 16.9 Å². The fraction of sp³-hybridized carbons (Fsp3) is 0.273. The Labute approximate surface area is 174 Å². The molecule has 6 heteroatoms. The molecule has 0 unspecified atom stereocenters. The standard InChI is InChI=1S/C22H21Cl2N3O/c1-15-10-12-26(13-11-15)22(28)21-14-20(18-4-2-3-5-19(18)24)25-27(21)17-8-6-16(23)7-9-17/h2-9,14-15H,10-13H2,1H3. The third-order valence-corrected chi connectivity index (χ3v) is 5.80. The van der Waals surface area contributed by atoms with E-state index < -0.39 is 0 Å². The first kappa shape index (κ1) is 19.0. The van der Waals surface area contributed by atoms with Crippen LogP contribution in [-0.4, -0.2) is 33.7 Å². The summed E-state index contributed by atoms with van der Waals surface area (Å²) in [6.45, 7) is 3.77. The highest BCUT2D eigenvalue weighted by atomic mass is 35.5. The van der Waals surface area contributed by atoms with Crippen molar-refractivity contribution in [1.29, 1.82) is 0 Å². The fourth-order valence-electron chi connectivity index (χ4n) is 3.49. The van der Waals surface area contributed by atoms with Crippen LogP contribution < -0.4 is 0 Å². The lowest BCUT2D eigenvalue weighted by atomic mass is 9.99. The van der Waals surface area contributed by atoms with Crippen LogP contribution in [0.15, 0.2) is 54.6 Å². The highest BCUT2D eigenvalue weighted by molar-refractivity contribution is 6.33. The molecule has 0 aliphatic carbocycles. The van der Waals surface area contributed by atoms with Gasteiger partial charge in [0.05, 0.1) is 16.4 Å². The van der Waals surface area contributed by atoms with E-state index in [1.54, 1.807) is 16.8 Å². The van der Waals surface area contributed by atoms with Crippen molar-refractivity contribution in [2.45, 2.75) is 19.8 Å². The van der Waals surface area contributed by atoms with E-state index in [0.29, 0.717) is 27.4 Å². The minimum atomic E-state index is -0.00680. The molecule has 0 spiro atoms. The summed E-state index contributed by atoms with van der Waals surface area (Å²) >= 11 is 12.4. The topological polar surface area (TPSA) is 38.1 Å². The van der Waals surface area contributed by atoms with Crippen LogP contribution in [-0.2, 0) is 0 Å². The summed E-state index contributed by atoms with van der Waals surface area (Å²) in [4.78, 5) is 15.2. The third kappa shape index (κ3) is 3.80. The van der Waals surface area contributed by atoms with E-state index in [0.717, 1.165) is 37.2 Å². The zero-order valence-electron chi connectivity index (χ0n) is 15.6.